The number of carbonyl (C=O) groups is 1. The third-order valence-electron chi connectivity index (χ3n) is 3.66. The van der Waals surface area contributed by atoms with Gasteiger partial charge in [-0.25, -0.2) is 17.1 Å². The molecule has 1 aliphatic heterocycles. The third-order valence-corrected chi connectivity index (χ3v) is 5.63. The Balaban J connectivity index is 2.52. The average Bonchev–Trinajstić information content (AvgIpc) is 2.74. The predicted molar refractivity (Wildman–Crippen MR) is 81.7 cm³/mol. The maximum atomic E-state index is 14.1. The standard InChI is InChI=1S/C14H15ClFNO5S/c1-4-23(20,21)17(3)13-11(18)12(19)14(2,22-13)9-7-8(15)5-6-10(9)16/h5-7,18H,4H2,1-3H3. The highest BCUT2D eigenvalue weighted by molar-refractivity contribution is 7.89. The van der Waals surface area contributed by atoms with Crippen LogP contribution in [0, 0.1) is 5.82 Å². The number of Topliss-reactive ketones (excluding diaryl/α,β-unsaturated/α-hetero) is 1. The third kappa shape index (κ3) is 2.76. The predicted octanol–water partition coefficient (Wildman–Crippen LogP) is 2.30. The first kappa shape index (κ1) is 17.6. The summed E-state index contributed by atoms with van der Waals surface area (Å²) in [6, 6.07) is 3.55. The second kappa shape index (κ2) is 5.68. The van der Waals surface area contributed by atoms with Gasteiger partial charge in [-0.2, -0.15) is 0 Å². The van der Waals surface area contributed by atoms with Crippen LogP contribution >= 0.6 is 11.6 Å². The Kier molecular flexibility index (Phi) is 4.34. The van der Waals surface area contributed by atoms with Crippen LogP contribution in [0.2, 0.25) is 5.02 Å². The van der Waals surface area contributed by atoms with Gasteiger partial charge in [0.2, 0.25) is 21.4 Å². The van der Waals surface area contributed by atoms with E-state index in [1.807, 2.05) is 0 Å². The van der Waals surface area contributed by atoms with E-state index in [4.69, 9.17) is 16.3 Å². The molecule has 0 saturated carbocycles. The van der Waals surface area contributed by atoms with Gasteiger partial charge in [-0.05, 0) is 32.0 Å². The molecule has 1 atom stereocenters. The molecule has 0 bridgehead atoms. The van der Waals surface area contributed by atoms with Crippen LogP contribution in [0.4, 0.5) is 4.39 Å². The van der Waals surface area contributed by atoms with E-state index < -0.39 is 38.9 Å². The first-order valence-electron chi connectivity index (χ1n) is 6.63. The molecule has 1 aliphatic rings. The minimum Gasteiger partial charge on any atom is -0.501 e. The highest BCUT2D eigenvalue weighted by atomic mass is 35.5. The van der Waals surface area contributed by atoms with Crippen LogP contribution in [0.5, 0.6) is 0 Å². The molecule has 1 heterocycles. The fraction of sp³-hybridized carbons (Fsp3) is 0.357. The molecule has 1 aromatic rings. The number of sulfonamides is 1. The number of benzene rings is 1. The van der Waals surface area contributed by atoms with E-state index in [-0.39, 0.29) is 16.3 Å². The molecule has 1 aromatic carbocycles. The van der Waals surface area contributed by atoms with E-state index in [0.29, 0.717) is 4.31 Å². The lowest BCUT2D eigenvalue weighted by Gasteiger charge is -2.26. The summed E-state index contributed by atoms with van der Waals surface area (Å²) in [5.41, 5.74) is -2.11. The van der Waals surface area contributed by atoms with Gasteiger partial charge in [0.05, 0.1) is 5.75 Å². The second-order valence-corrected chi connectivity index (χ2v) is 7.84. The van der Waals surface area contributed by atoms with Gasteiger partial charge in [-0.1, -0.05) is 11.6 Å². The Morgan fingerprint density at radius 3 is 2.61 bits per heavy atom. The number of carbonyl (C=O) groups excluding carboxylic acids is 1. The van der Waals surface area contributed by atoms with Crippen molar-refractivity contribution >= 4 is 27.4 Å². The van der Waals surface area contributed by atoms with E-state index in [9.17, 15) is 22.7 Å². The average molecular weight is 364 g/mol. The van der Waals surface area contributed by atoms with Crippen LogP contribution < -0.4 is 0 Å². The number of hydrogen-bond donors (Lipinski definition) is 1. The van der Waals surface area contributed by atoms with Crippen LogP contribution in [-0.2, 0) is 25.2 Å². The molecule has 0 amide bonds. The zero-order chi connectivity index (χ0) is 17.6. The summed E-state index contributed by atoms with van der Waals surface area (Å²) in [7, 11) is -2.63. The molecule has 0 aromatic heterocycles. The van der Waals surface area contributed by atoms with Gasteiger partial charge in [0.1, 0.15) is 5.82 Å². The molecule has 6 nitrogen and oxygen atoms in total. The quantitative estimate of drug-likeness (QED) is 0.887. The zero-order valence-corrected chi connectivity index (χ0v) is 14.2. The van der Waals surface area contributed by atoms with Crippen LogP contribution in [0.3, 0.4) is 0 Å². The summed E-state index contributed by atoms with van der Waals surface area (Å²) in [5.74, 6) is -3.41. The van der Waals surface area contributed by atoms with Crippen molar-refractivity contribution in [2.45, 2.75) is 19.4 Å². The van der Waals surface area contributed by atoms with Crippen molar-refractivity contribution < 1.29 is 27.4 Å². The summed E-state index contributed by atoms with van der Waals surface area (Å²) in [6.07, 6.45) is 0. The van der Waals surface area contributed by atoms with Crippen LogP contribution in [0.25, 0.3) is 0 Å². The van der Waals surface area contributed by atoms with Crippen molar-refractivity contribution in [2.75, 3.05) is 12.8 Å². The van der Waals surface area contributed by atoms with Gasteiger partial charge in [0, 0.05) is 17.6 Å². The monoisotopic (exact) mass is 363 g/mol. The van der Waals surface area contributed by atoms with Crippen molar-refractivity contribution in [3.05, 3.63) is 46.2 Å². The lowest BCUT2D eigenvalue weighted by Crippen LogP contribution is -2.34. The number of nitrogens with zero attached hydrogens (tertiary/aromatic N) is 1. The minimum absolute atomic E-state index is 0.168. The van der Waals surface area contributed by atoms with Gasteiger partial charge >= 0.3 is 0 Å². The van der Waals surface area contributed by atoms with Gasteiger partial charge in [-0.15, -0.1) is 0 Å². The zero-order valence-electron chi connectivity index (χ0n) is 12.6. The maximum absolute atomic E-state index is 14.1. The molecule has 2 rings (SSSR count). The fourth-order valence-electron chi connectivity index (χ4n) is 2.18. The first-order valence-corrected chi connectivity index (χ1v) is 8.62. The van der Waals surface area contributed by atoms with E-state index in [1.165, 1.54) is 26.0 Å². The molecule has 23 heavy (non-hydrogen) atoms. The van der Waals surface area contributed by atoms with Crippen LogP contribution in [0.1, 0.15) is 19.4 Å². The molecule has 0 saturated heterocycles. The summed E-state index contributed by atoms with van der Waals surface area (Å²) >= 11 is 5.82. The first-order chi connectivity index (χ1) is 10.5. The van der Waals surface area contributed by atoms with Gasteiger partial charge in [0.15, 0.2) is 0 Å². The maximum Gasteiger partial charge on any atom is 0.251 e. The fourth-order valence-corrected chi connectivity index (χ4v) is 3.12. The minimum atomic E-state index is -3.77. The van der Waals surface area contributed by atoms with Crippen LogP contribution in [-0.4, -0.2) is 36.4 Å². The van der Waals surface area contributed by atoms with E-state index in [1.54, 1.807) is 0 Å². The molecule has 0 spiro atoms. The van der Waals surface area contributed by atoms with Crippen molar-refractivity contribution in [2.24, 2.45) is 0 Å². The number of halogens is 2. The van der Waals surface area contributed by atoms with Crippen molar-refractivity contribution in [3.63, 3.8) is 0 Å². The van der Waals surface area contributed by atoms with Gasteiger partial charge in [-0.3, -0.25) is 4.79 Å². The number of ether oxygens (including phenoxy) is 1. The number of aliphatic hydroxyl groups excluding tert-OH is 1. The summed E-state index contributed by atoms with van der Waals surface area (Å²) in [4.78, 5) is 12.4. The lowest BCUT2D eigenvalue weighted by molar-refractivity contribution is -0.132. The van der Waals surface area contributed by atoms with E-state index in [0.717, 1.165) is 13.1 Å². The molecule has 126 valence electrons. The number of rotatable bonds is 4. The Hall–Kier alpha value is -1.80. The van der Waals surface area contributed by atoms with E-state index in [2.05, 4.69) is 0 Å². The Morgan fingerprint density at radius 1 is 1.43 bits per heavy atom. The summed E-state index contributed by atoms with van der Waals surface area (Å²) in [6.45, 7) is 2.63. The molecule has 0 radical (unpaired) electrons. The largest absolute Gasteiger partial charge is 0.501 e. The topological polar surface area (TPSA) is 83.9 Å². The highest BCUT2D eigenvalue weighted by Gasteiger charge is 2.51. The van der Waals surface area contributed by atoms with E-state index >= 15 is 0 Å². The van der Waals surface area contributed by atoms with Gasteiger partial charge in [0.25, 0.3) is 11.7 Å². The molecular formula is C14H15ClFNO5S. The number of aliphatic hydroxyl groups is 1. The Morgan fingerprint density at radius 2 is 2.04 bits per heavy atom. The van der Waals surface area contributed by atoms with Crippen molar-refractivity contribution in [1.82, 2.24) is 4.31 Å². The van der Waals surface area contributed by atoms with Gasteiger partial charge < -0.3 is 9.84 Å². The normalized spacial score (nSPS) is 21.5. The van der Waals surface area contributed by atoms with Crippen molar-refractivity contribution in [1.29, 1.82) is 0 Å². The summed E-state index contributed by atoms with van der Waals surface area (Å²) < 4.78 is 43.9. The second-order valence-electron chi connectivity index (χ2n) is 5.11. The highest BCUT2D eigenvalue weighted by Crippen LogP contribution is 2.41. The Labute approximate surface area is 138 Å². The molecule has 9 heteroatoms. The van der Waals surface area contributed by atoms with Crippen molar-refractivity contribution in [3.8, 4) is 0 Å². The SMILES string of the molecule is CCS(=O)(=O)N(C)C1=C(O)C(=O)C(C)(c2cc(Cl)ccc2F)O1. The van der Waals surface area contributed by atoms with Crippen LogP contribution in [0.15, 0.2) is 29.8 Å². The molecule has 1 unspecified atom stereocenters. The summed E-state index contributed by atoms with van der Waals surface area (Å²) in [5, 5.41) is 10.2. The molecule has 0 aliphatic carbocycles. The smallest absolute Gasteiger partial charge is 0.251 e. The number of hydrogen-bond acceptors (Lipinski definition) is 5. The lowest BCUT2D eigenvalue weighted by atomic mass is 9.91. The molecule has 1 N–H and O–H groups in total. The Bertz CT molecular complexity index is 807. The molecule has 0 fully saturated rings. The number of ketones is 1. The molecular weight excluding hydrogens is 349 g/mol.